The van der Waals surface area contributed by atoms with Crippen molar-refractivity contribution in [3.05, 3.63) is 33.9 Å². The highest BCUT2D eigenvalue weighted by Gasteiger charge is 2.22. The van der Waals surface area contributed by atoms with Crippen molar-refractivity contribution in [3.8, 4) is 0 Å². The van der Waals surface area contributed by atoms with E-state index in [1.54, 1.807) is 18.0 Å². The number of nitrogens with one attached hydrogen (secondary N) is 1. The summed E-state index contributed by atoms with van der Waals surface area (Å²) < 4.78 is 0. The van der Waals surface area contributed by atoms with E-state index >= 15 is 0 Å². The second-order valence-corrected chi connectivity index (χ2v) is 5.37. The van der Waals surface area contributed by atoms with Gasteiger partial charge in [-0.05, 0) is 6.07 Å². The van der Waals surface area contributed by atoms with Gasteiger partial charge in [0.15, 0.2) is 0 Å². The fourth-order valence-electron chi connectivity index (χ4n) is 1.98. The van der Waals surface area contributed by atoms with Crippen LogP contribution >= 0.6 is 11.8 Å². The summed E-state index contributed by atoms with van der Waals surface area (Å²) in [5, 5.41) is 13.7. The molecule has 0 radical (unpaired) electrons. The van der Waals surface area contributed by atoms with Crippen molar-refractivity contribution in [3.63, 3.8) is 0 Å². The van der Waals surface area contributed by atoms with Crippen LogP contribution in [-0.4, -0.2) is 47.4 Å². The zero-order valence-electron chi connectivity index (χ0n) is 10.6. The molecule has 1 heterocycles. The Balaban J connectivity index is 2.32. The molecule has 0 aliphatic carbocycles. The van der Waals surface area contributed by atoms with E-state index in [1.807, 2.05) is 11.8 Å². The molecule has 0 spiro atoms. The summed E-state index contributed by atoms with van der Waals surface area (Å²) in [5.41, 5.74) is 0.922. The minimum atomic E-state index is -0.484. The van der Waals surface area contributed by atoms with Crippen LogP contribution in [0.5, 0.6) is 0 Å². The van der Waals surface area contributed by atoms with E-state index in [0.717, 1.165) is 11.5 Å². The minimum Gasteiger partial charge on any atom is -0.387 e. The van der Waals surface area contributed by atoms with Gasteiger partial charge in [0, 0.05) is 49.5 Å². The predicted octanol–water partition coefficient (Wildman–Crippen LogP) is 1.83. The molecular weight excluding hydrogens is 266 g/mol. The van der Waals surface area contributed by atoms with Crippen LogP contribution in [0.4, 0.5) is 11.4 Å². The molecule has 1 fully saturated rings. The van der Waals surface area contributed by atoms with Crippen LogP contribution in [0.1, 0.15) is 10.4 Å². The van der Waals surface area contributed by atoms with Crippen LogP contribution in [0.2, 0.25) is 0 Å². The van der Waals surface area contributed by atoms with Crippen molar-refractivity contribution in [2.24, 2.45) is 0 Å². The lowest BCUT2D eigenvalue weighted by Crippen LogP contribution is -2.38. The molecule has 1 saturated heterocycles. The number of amides is 1. The van der Waals surface area contributed by atoms with Gasteiger partial charge in [-0.3, -0.25) is 14.9 Å². The fourth-order valence-corrected chi connectivity index (χ4v) is 2.88. The Labute approximate surface area is 115 Å². The Morgan fingerprint density at radius 2 is 2.11 bits per heavy atom. The van der Waals surface area contributed by atoms with Crippen molar-refractivity contribution >= 4 is 29.0 Å². The standard InChI is InChI=1S/C12H15N3O3S/c1-13-11-3-2-9(15(17)18)8-10(11)12(16)14-4-6-19-7-5-14/h2-3,8,13H,4-7H2,1H3. The Kier molecular flexibility index (Phi) is 4.26. The van der Waals surface area contributed by atoms with Crippen molar-refractivity contribution < 1.29 is 9.72 Å². The molecule has 1 N–H and O–H groups in total. The molecule has 0 saturated carbocycles. The second kappa shape index (κ2) is 5.92. The van der Waals surface area contributed by atoms with Crippen LogP contribution in [0.15, 0.2) is 18.2 Å². The van der Waals surface area contributed by atoms with E-state index < -0.39 is 4.92 Å². The molecule has 1 amide bonds. The molecule has 1 aliphatic rings. The maximum Gasteiger partial charge on any atom is 0.270 e. The van der Waals surface area contributed by atoms with Crippen molar-refractivity contribution in [1.82, 2.24) is 4.90 Å². The molecule has 0 unspecified atom stereocenters. The average Bonchev–Trinajstić information content (AvgIpc) is 2.46. The predicted molar refractivity (Wildman–Crippen MR) is 75.9 cm³/mol. The number of nitro groups is 1. The van der Waals surface area contributed by atoms with Gasteiger partial charge < -0.3 is 10.2 Å². The highest BCUT2D eigenvalue weighted by molar-refractivity contribution is 7.99. The summed E-state index contributed by atoms with van der Waals surface area (Å²) in [6.07, 6.45) is 0. The van der Waals surface area contributed by atoms with Crippen LogP contribution in [-0.2, 0) is 0 Å². The van der Waals surface area contributed by atoms with E-state index in [0.29, 0.717) is 24.3 Å². The number of carbonyl (C=O) groups is 1. The molecule has 2 rings (SSSR count). The van der Waals surface area contributed by atoms with E-state index in [9.17, 15) is 14.9 Å². The fraction of sp³-hybridized carbons (Fsp3) is 0.417. The first-order valence-corrected chi connectivity index (χ1v) is 7.12. The summed E-state index contributed by atoms with van der Waals surface area (Å²) in [5.74, 6) is 1.68. The van der Waals surface area contributed by atoms with Gasteiger partial charge in [-0.25, -0.2) is 0 Å². The third-order valence-corrected chi connectivity index (χ3v) is 3.95. The number of non-ortho nitro benzene ring substituents is 1. The van der Waals surface area contributed by atoms with E-state index in [2.05, 4.69) is 5.32 Å². The number of rotatable bonds is 3. The number of nitrogens with zero attached hydrogens (tertiary/aromatic N) is 2. The Morgan fingerprint density at radius 1 is 1.42 bits per heavy atom. The molecule has 1 aliphatic heterocycles. The van der Waals surface area contributed by atoms with Gasteiger partial charge >= 0.3 is 0 Å². The summed E-state index contributed by atoms with van der Waals surface area (Å²) in [6.45, 7) is 1.38. The largest absolute Gasteiger partial charge is 0.387 e. The number of benzene rings is 1. The lowest BCUT2D eigenvalue weighted by atomic mass is 10.1. The molecular formula is C12H15N3O3S. The smallest absolute Gasteiger partial charge is 0.270 e. The molecule has 0 atom stereocenters. The van der Waals surface area contributed by atoms with Gasteiger partial charge in [0.05, 0.1) is 10.5 Å². The van der Waals surface area contributed by atoms with Gasteiger partial charge in [-0.1, -0.05) is 0 Å². The number of hydrogen-bond acceptors (Lipinski definition) is 5. The van der Waals surface area contributed by atoms with Crippen molar-refractivity contribution in [2.45, 2.75) is 0 Å². The quantitative estimate of drug-likeness (QED) is 0.675. The maximum atomic E-state index is 12.4. The maximum absolute atomic E-state index is 12.4. The lowest BCUT2D eigenvalue weighted by Gasteiger charge is -2.27. The van der Waals surface area contributed by atoms with Crippen LogP contribution in [0, 0.1) is 10.1 Å². The van der Waals surface area contributed by atoms with Crippen molar-refractivity contribution in [2.75, 3.05) is 37.0 Å². The Morgan fingerprint density at radius 3 is 2.68 bits per heavy atom. The minimum absolute atomic E-state index is 0.0614. The van der Waals surface area contributed by atoms with Crippen LogP contribution in [0.25, 0.3) is 0 Å². The van der Waals surface area contributed by atoms with Gasteiger partial charge in [0.2, 0.25) is 0 Å². The molecule has 1 aromatic rings. The molecule has 7 heteroatoms. The van der Waals surface area contributed by atoms with Gasteiger partial charge in [-0.15, -0.1) is 0 Å². The zero-order valence-corrected chi connectivity index (χ0v) is 11.4. The van der Waals surface area contributed by atoms with E-state index in [-0.39, 0.29) is 11.6 Å². The third kappa shape index (κ3) is 2.98. The van der Waals surface area contributed by atoms with Crippen LogP contribution < -0.4 is 5.32 Å². The summed E-state index contributed by atoms with van der Waals surface area (Å²) in [7, 11) is 1.70. The van der Waals surface area contributed by atoms with Gasteiger partial charge in [-0.2, -0.15) is 11.8 Å². The zero-order chi connectivity index (χ0) is 13.8. The average molecular weight is 281 g/mol. The molecule has 0 aromatic heterocycles. The normalized spacial score (nSPS) is 15.1. The van der Waals surface area contributed by atoms with Gasteiger partial charge in [0.25, 0.3) is 11.6 Å². The number of carbonyl (C=O) groups excluding carboxylic acids is 1. The summed E-state index contributed by atoms with van der Waals surface area (Å²) >= 11 is 1.81. The summed E-state index contributed by atoms with van der Waals surface area (Å²) in [4.78, 5) is 24.5. The third-order valence-electron chi connectivity index (χ3n) is 3.01. The molecule has 6 nitrogen and oxygen atoms in total. The lowest BCUT2D eigenvalue weighted by molar-refractivity contribution is -0.384. The Bertz CT molecular complexity index is 501. The molecule has 102 valence electrons. The monoisotopic (exact) mass is 281 g/mol. The first-order chi connectivity index (χ1) is 9.13. The molecule has 19 heavy (non-hydrogen) atoms. The molecule has 0 bridgehead atoms. The number of nitro benzene ring substituents is 1. The number of hydrogen-bond donors (Lipinski definition) is 1. The van der Waals surface area contributed by atoms with Crippen LogP contribution in [0.3, 0.4) is 0 Å². The molecule has 1 aromatic carbocycles. The van der Waals surface area contributed by atoms with E-state index in [1.165, 1.54) is 12.1 Å². The first kappa shape index (κ1) is 13.7. The topological polar surface area (TPSA) is 75.5 Å². The summed E-state index contributed by atoms with van der Waals surface area (Å²) in [6, 6.07) is 4.31. The highest BCUT2D eigenvalue weighted by Crippen LogP contribution is 2.24. The number of anilines is 1. The first-order valence-electron chi connectivity index (χ1n) is 5.96. The van der Waals surface area contributed by atoms with Crippen molar-refractivity contribution in [1.29, 1.82) is 0 Å². The van der Waals surface area contributed by atoms with E-state index in [4.69, 9.17) is 0 Å². The van der Waals surface area contributed by atoms with Gasteiger partial charge in [0.1, 0.15) is 0 Å². The number of thioether (sulfide) groups is 1. The Hall–Kier alpha value is -1.76. The highest BCUT2D eigenvalue weighted by atomic mass is 32.2. The SMILES string of the molecule is CNc1ccc([N+](=O)[O-])cc1C(=O)N1CCSCC1. The second-order valence-electron chi connectivity index (χ2n) is 4.14.